The molecule has 4 heteroatoms. The van der Waals surface area contributed by atoms with Crippen LogP contribution in [0.3, 0.4) is 0 Å². The molecule has 1 aromatic carbocycles. The van der Waals surface area contributed by atoms with Gasteiger partial charge in [-0.1, -0.05) is 44.9 Å². The number of halogens is 3. The third kappa shape index (κ3) is 3.75. The summed E-state index contributed by atoms with van der Waals surface area (Å²) in [6, 6.07) is 5.96. The van der Waals surface area contributed by atoms with Crippen LogP contribution in [0.2, 0.25) is 0 Å². The van der Waals surface area contributed by atoms with E-state index in [4.69, 9.17) is 0 Å². The molecule has 20 heavy (non-hydrogen) atoms. The van der Waals surface area contributed by atoms with Gasteiger partial charge >= 0.3 is 6.18 Å². The molecular formula is C16H22F3N. The topological polar surface area (TPSA) is 12.0 Å². The van der Waals surface area contributed by atoms with Gasteiger partial charge < -0.3 is 5.32 Å². The molecule has 0 amide bonds. The van der Waals surface area contributed by atoms with Crippen LogP contribution in [-0.2, 0) is 12.7 Å². The summed E-state index contributed by atoms with van der Waals surface area (Å²) < 4.78 is 38.0. The fourth-order valence-corrected chi connectivity index (χ4v) is 2.97. The van der Waals surface area contributed by atoms with Crippen molar-refractivity contribution in [1.82, 2.24) is 5.32 Å². The van der Waals surface area contributed by atoms with E-state index in [1.54, 1.807) is 6.07 Å². The van der Waals surface area contributed by atoms with Crippen LogP contribution >= 0.6 is 0 Å². The second-order valence-electron chi connectivity index (χ2n) is 6.37. The molecule has 0 bridgehead atoms. The van der Waals surface area contributed by atoms with Gasteiger partial charge in [0.1, 0.15) is 0 Å². The lowest BCUT2D eigenvalue weighted by Gasteiger charge is -2.39. The zero-order chi connectivity index (χ0) is 14.8. The maximum atomic E-state index is 12.7. The number of alkyl halides is 3. The highest BCUT2D eigenvalue weighted by Crippen LogP contribution is 2.35. The minimum absolute atomic E-state index is 0.222. The van der Waals surface area contributed by atoms with Gasteiger partial charge in [-0.05, 0) is 29.9 Å². The fraction of sp³-hybridized carbons (Fsp3) is 0.625. The molecule has 1 aromatic rings. The highest BCUT2D eigenvalue weighted by atomic mass is 19.4. The number of hydrogen-bond donors (Lipinski definition) is 1. The molecule has 1 aliphatic carbocycles. The Kier molecular flexibility index (Phi) is 4.43. The minimum atomic E-state index is -4.26. The van der Waals surface area contributed by atoms with Gasteiger partial charge in [0.2, 0.25) is 0 Å². The summed E-state index contributed by atoms with van der Waals surface area (Å²) in [4.78, 5) is 0. The molecule has 1 saturated carbocycles. The van der Waals surface area contributed by atoms with Gasteiger partial charge in [-0.3, -0.25) is 0 Å². The lowest BCUT2D eigenvalue weighted by Crippen LogP contribution is -2.43. The largest absolute Gasteiger partial charge is 0.416 e. The predicted molar refractivity (Wildman–Crippen MR) is 74.3 cm³/mol. The second kappa shape index (κ2) is 5.76. The van der Waals surface area contributed by atoms with Gasteiger partial charge in [-0.15, -0.1) is 0 Å². The lowest BCUT2D eigenvalue weighted by molar-refractivity contribution is -0.137. The summed E-state index contributed by atoms with van der Waals surface area (Å²) in [6.07, 6.45) is 0.456. The zero-order valence-corrected chi connectivity index (χ0v) is 12.1. The van der Waals surface area contributed by atoms with Crippen LogP contribution in [0, 0.1) is 5.41 Å². The molecule has 1 N–H and O–H groups in total. The Balaban J connectivity index is 2.00. The van der Waals surface area contributed by atoms with Crippen LogP contribution in [0.25, 0.3) is 0 Å². The molecule has 0 aromatic heterocycles. The van der Waals surface area contributed by atoms with E-state index in [1.165, 1.54) is 31.4 Å². The SMILES string of the molecule is CC1(C)CCCCC1NCc1cccc(C(F)(F)F)c1. The molecule has 0 aliphatic heterocycles. The molecule has 1 nitrogen and oxygen atoms in total. The van der Waals surface area contributed by atoms with Crippen molar-refractivity contribution >= 4 is 0 Å². The standard InChI is InChI=1S/C16H22F3N/c1-15(2)9-4-3-8-14(15)20-11-12-6-5-7-13(10-12)16(17,18)19/h5-7,10,14,20H,3-4,8-9,11H2,1-2H3. The lowest BCUT2D eigenvalue weighted by atomic mass is 9.73. The van der Waals surface area contributed by atoms with Crippen molar-refractivity contribution in [3.8, 4) is 0 Å². The van der Waals surface area contributed by atoms with Gasteiger partial charge in [-0.25, -0.2) is 0 Å². The van der Waals surface area contributed by atoms with E-state index in [0.717, 1.165) is 12.5 Å². The predicted octanol–water partition coefficient (Wildman–Crippen LogP) is 4.76. The molecule has 1 fully saturated rings. The molecular weight excluding hydrogens is 263 g/mol. The average molecular weight is 285 g/mol. The molecule has 1 unspecified atom stereocenters. The summed E-state index contributed by atoms with van der Waals surface area (Å²) in [5, 5.41) is 3.44. The first-order valence-corrected chi connectivity index (χ1v) is 7.18. The molecule has 112 valence electrons. The number of rotatable bonds is 3. The molecule has 0 saturated heterocycles. The third-order valence-corrected chi connectivity index (χ3v) is 4.31. The Morgan fingerprint density at radius 1 is 1.25 bits per heavy atom. The van der Waals surface area contributed by atoms with Crippen LogP contribution in [0.15, 0.2) is 24.3 Å². The summed E-state index contributed by atoms with van der Waals surface area (Å²) in [7, 11) is 0. The van der Waals surface area contributed by atoms with Crippen molar-refractivity contribution in [3.05, 3.63) is 35.4 Å². The van der Waals surface area contributed by atoms with Crippen LogP contribution in [0.4, 0.5) is 13.2 Å². The summed E-state index contributed by atoms with van der Waals surface area (Å²) in [5.74, 6) is 0. The highest BCUT2D eigenvalue weighted by molar-refractivity contribution is 5.25. The van der Waals surface area contributed by atoms with E-state index < -0.39 is 11.7 Å². The van der Waals surface area contributed by atoms with Gasteiger partial charge in [0.15, 0.2) is 0 Å². The van der Waals surface area contributed by atoms with Crippen molar-refractivity contribution in [2.45, 2.75) is 58.3 Å². The van der Waals surface area contributed by atoms with Crippen molar-refractivity contribution in [3.63, 3.8) is 0 Å². The Labute approximate surface area is 118 Å². The van der Waals surface area contributed by atoms with Gasteiger partial charge in [0, 0.05) is 12.6 Å². The van der Waals surface area contributed by atoms with Crippen molar-refractivity contribution in [2.75, 3.05) is 0 Å². The average Bonchev–Trinajstić information content (AvgIpc) is 2.36. The fourth-order valence-electron chi connectivity index (χ4n) is 2.97. The van der Waals surface area contributed by atoms with Crippen LogP contribution < -0.4 is 5.32 Å². The summed E-state index contributed by atoms with van der Waals surface area (Å²) in [5.41, 5.74) is 0.348. The van der Waals surface area contributed by atoms with Crippen LogP contribution in [0.5, 0.6) is 0 Å². The third-order valence-electron chi connectivity index (χ3n) is 4.31. The number of hydrogen-bond acceptors (Lipinski definition) is 1. The van der Waals surface area contributed by atoms with E-state index in [1.807, 2.05) is 0 Å². The second-order valence-corrected chi connectivity index (χ2v) is 6.37. The molecule has 1 aliphatic rings. The summed E-state index contributed by atoms with van der Waals surface area (Å²) in [6.45, 7) is 4.96. The Morgan fingerprint density at radius 2 is 2.00 bits per heavy atom. The van der Waals surface area contributed by atoms with Gasteiger partial charge in [0.05, 0.1) is 5.56 Å². The molecule has 0 spiro atoms. The Morgan fingerprint density at radius 3 is 2.65 bits per heavy atom. The van der Waals surface area contributed by atoms with E-state index in [0.29, 0.717) is 18.2 Å². The maximum absolute atomic E-state index is 12.7. The van der Waals surface area contributed by atoms with Crippen LogP contribution in [-0.4, -0.2) is 6.04 Å². The van der Waals surface area contributed by atoms with E-state index >= 15 is 0 Å². The smallest absolute Gasteiger partial charge is 0.309 e. The monoisotopic (exact) mass is 285 g/mol. The first-order chi connectivity index (χ1) is 9.29. The van der Waals surface area contributed by atoms with Crippen molar-refractivity contribution in [2.24, 2.45) is 5.41 Å². The maximum Gasteiger partial charge on any atom is 0.416 e. The first kappa shape index (κ1) is 15.4. The van der Waals surface area contributed by atoms with Crippen LogP contribution in [0.1, 0.15) is 50.7 Å². The molecule has 0 heterocycles. The summed E-state index contributed by atoms with van der Waals surface area (Å²) >= 11 is 0. The Bertz CT molecular complexity index is 451. The quantitative estimate of drug-likeness (QED) is 0.844. The van der Waals surface area contributed by atoms with E-state index in [9.17, 15) is 13.2 Å². The first-order valence-electron chi connectivity index (χ1n) is 7.18. The number of nitrogens with one attached hydrogen (secondary N) is 1. The van der Waals surface area contributed by atoms with Crippen molar-refractivity contribution in [1.29, 1.82) is 0 Å². The highest BCUT2D eigenvalue weighted by Gasteiger charge is 2.32. The van der Waals surface area contributed by atoms with E-state index in [2.05, 4.69) is 19.2 Å². The van der Waals surface area contributed by atoms with Gasteiger partial charge in [-0.2, -0.15) is 13.2 Å². The molecule has 1 atom stereocenters. The molecule has 2 rings (SSSR count). The zero-order valence-electron chi connectivity index (χ0n) is 12.1. The van der Waals surface area contributed by atoms with E-state index in [-0.39, 0.29) is 5.41 Å². The van der Waals surface area contributed by atoms with Gasteiger partial charge in [0.25, 0.3) is 0 Å². The Hall–Kier alpha value is -1.03. The minimum Gasteiger partial charge on any atom is -0.309 e. The normalized spacial score (nSPS) is 22.8. The van der Waals surface area contributed by atoms with Crippen molar-refractivity contribution < 1.29 is 13.2 Å². The molecule has 0 radical (unpaired) electrons. The number of benzene rings is 1.